The molecule has 0 radical (unpaired) electrons. The molecule has 0 aliphatic heterocycles. The number of hydrogen-bond acceptors (Lipinski definition) is 5. The number of nitrogens with one attached hydrogen (secondary N) is 1. The van der Waals surface area contributed by atoms with Crippen LogP contribution < -0.4 is 15.0 Å². The number of carbonyl (C=O) groups excluding carboxylic acids is 1. The number of aryl methyl sites for hydroxylation is 1. The van der Waals surface area contributed by atoms with Gasteiger partial charge in [0.1, 0.15) is 17.4 Å². The van der Waals surface area contributed by atoms with E-state index in [4.69, 9.17) is 4.74 Å². The zero-order valence-electron chi connectivity index (χ0n) is 13.9. The Hall–Kier alpha value is -2.63. The van der Waals surface area contributed by atoms with E-state index in [1.807, 2.05) is 62.3 Å². The van der Waals surface area contributed by atoms with E-state index in [9.17, 15) is 4.79 Å². The highest BCUT2D eigenvalue weighted by Crippen LogP contribution is 2.11. The van der Waals surface area contributed by atoms with Gasteiger partial charge in [0.15, 0.2) is 6.10 Å². The standard InChI is InChI=1S/C17H22N4O2/c1-12-10-16(21(3)4)20-15(19-12)11-18-17(22)13(2)23-14-8-6-5-7-9-14/h5-10,13H,11H2,1-4H3,(H,18,22)/t13-/m0/s1. The van der Waals surface area contributed by atoms with Crippen LogP contribution in [0.25, 0.3) is 0 Å². The van der Waals surface area contributed by atoms with E-state index in [1.54, 1.807) is 6.92 Å². The van der Waals surface area contributed by atoms with Gasteiger partial charge in [0, 0.05) is 25.9 Å². The first-order chi connectivity index (χ1) is 11.0. The van der Waals surface area contributed by atoms with Crippen molar-refractivity contribution in [1.29, 1.82) is 0 Å². The number of ether oxygens (including phenoxy) is 1. The van der Waals surface area contributed by atoms with E-state index in [0.29, 0.717) is 11.6 Å². The number of amides is 1. The van der Waals surface area contributed by atoms with Gasteiger partial charge >= 0.3 is 0 Å². The first kappa shape index (κ1) is 16.7. The summed E-state index contributed by atoms with van der Waals surface area (Å²) in [5, 5.41) is 2.80. The first-order valence-electron chi connectivity index (χ1n) is 7.47. The molecule has 0 saturated carbocycles. The van der Waals surface area contributed by atoms with E-state index in [2.05, 4.69) is 15.3 Å². The molecule has 1 N–H and O–H groups in total. The van der Waals surface area contributed by atoms with Crippen molar-refractivity contribution in [3.8, 4) is 5.75 Å². The summed E-state index contributed by atoms with van der Waals surface area (Å²) in [5.41, 5.74) is 0.863. The van der Waals surface area contributed by atoms with Gasteiger partial charge in [0.05, 0.1) is 6.54 Å². The molecule has 0 aliphatic rings. The van der Waals surface area contributed by atoms with E-state index in [-0.39, 0.29) is 12.5 Å². The number of rotatable bonds is 6. The predicted octanol–water partition coefficient (Wildman–Crippen LogP) is 1.93. The van der Waals surface area contributed by atoms with Gasteiger partial charge in [-0.3, -0.25) is 4.79 Å². The maximum absolute atomic E-state index is 12.1. The number of nitrogens with zero attached hydrogens (tertiary/aromatic N) is 3. The van der Waals surface area contributed by atoms with Gasteiger partial charge in [-0.1, -0.05) is 18.2 Å². The van der Waals surface area contributed by atoms with Crippen LogP contribution in [-0.4, -0.2) is 36.1 Å². The molecule has 2 aromatic rings. The van der Waals surface area contributed by atoms with Gasteiger partial charge in [0.2, 0.25) is 0 Å². The van der Waals surface area contributed by atoms with Crippen LogP contribution >= 0.6 is 0 Å². The third-order valence-corrected chi connectivity index (χ3v) is 3.19. The Kier molecular flexibility index (Phi) is 5.51. The lowest BCUT2D eigenvalue weighted by Gasteiger charge is -2.16. The molecule has 6 heteroatoms. The summed E-state index contributed by atoms with van der Waals surface area (Å²) in [6, 6.07) is 11.2. The zero-order chi connectivity index (χ0) is 16.8. The Bertz CT molecular complexity index is 659. The third-order valence-electron chi connectivity index (χ3n) is 3.19. The highest BCUT2D eigenvalue weighted by atomic mass is 16.5. The molecular formula is C17H22N4O2. The summed E-state index contributed by atoms with van der Waals surface area (Å²) < 4.78 is 5.59. The normalized spacial score (nSPS) is 11.7. The van der Waals surface area contributed by atoms with Gasteiger partial charge in [-0.05, 0) is 26.0 Å². The number of hydrogen-bond donors (Lipinski definition) is 1. The summed E-state index contributed by atoms with van der Waals surface area (Å²) in [5.74, 6) is 1.85. The second-order valence-electron chi connectivity index (χ2n) is 5.47. The SMILES string of the molecule is Cc1cc(N(C)C)nc(CNC(=O)[C@H](C)Oc2ccccc2)n1. The number of anilines is 1. The molecule has 1 amide bonds. The largest absolute Gasteiger partial charge is 0.481 e. The van der Waals surface area contributed by atoms with Crippen LogP contribution in [0.3, 0.4) is 0 Å². The predicted molar refractivity (Wildman–Crippen MR) is 89.5 cm³/mol. The highest BCUT2D eigenvalue weighted by Gasteiger charge is 2.15. The molecule has 1 aromatic heterocycles. The average Bonchev–Trinajstić information content (AvgIpc) is 2.53. The second-order valence-corrected chi connectivity index (χ2v) is 5.47. The Labute approximate surface area is 136 Å². The van der Waals surface area contributed by atoms with E-state index < -0.39 is 6.10 Å². The Morgan fingerprint density at radius 1 is 1.26 bits per heavy atom. The first-order valence-corrected chi connectivity index (χ1v) is 7.47. The van der Waals surface area contributed by atoms with Crippen molar-refractivity contribution in [3.63, 3.8) is 0 Å². The summed E-state index contributed by atoms with van der Waals surface area (Å²) in [7, 11) is 3.83. The van der Waals surface area contributed by atoms with Crippen LogP contribution in [0.4, 0.5) is 5.82 Å². The Balaban J connectivity index is 1.93. The molecule has 0 saturated heterocycles. The van der Waals surface area contributed by atoms with E-state index in [0.717, 1.165) is 11.5 Å². The average molecular weight is 314 g/mol. The van der Waals surface area contributed by atoms with Gasteiger partial charge in [-0.15, -0.1) is 0 Å². The van der Waals surface area contributed by atoms with Crippen LogP contribution in [0, 0.1) is 6.92 Å². The topological polar surface area (TPSA) is 67.4 Å². The molecule has 1 aromatic carbocycles. The molecule has 1 atom stereocenters. The van der Waals surface area contributed by atoms with E-state index in [1.165, 1.54) is 0 Å². The van der Waals surface area contributed by atoms with Crippen molar-refractivity contribution in [2.24, 2.45) is 0 Å². The number of benzene rings is 1. The lowest BCUT2D eigenvalue weighted by Crippen LogP contribution is -2.36. The molecular weight excluding hydrogens is 292 g/mol. The number of carbonyl (C=O) groups is 1. The monoisotopic (exact) mass is 314 g/mol. The summed E-state index contributed by atoms with van der Waals surface area (Å²) >= 11 is 0. The zero-order valence-corrected chi connectivity index (χ0v) is 13.9. The minimum absolute atomic E-state index is 0.203. The fourth-order valence-electron chi connectivity index (χ4n) is 1.99. The van der Waals surface area contributed by atoms with Crippen LogP contribution in [0.2, 0.25) is 0 Å². The van der Waals surface area contributed by atoms with Gasteiger partial charge in [-0.25, -0.2) is 9.97 Å². The number of aromatic nitrogens is 2. The molecule has 0 aliphatic carbocycles. The van der Waals surface area contributed by atoms with E-state index >= 15 is 0 Å². The number of para-hydroxylation sites is 1. The highest BCUT2D eigenvalue weighted by molar-refractivity contribution is 5.80. The van der Waals surface area contributed by atoms with Crippen molar-refractivity contribution in [2.45, 2.75) is 26.5 Å². The summed E-state index contributed by atoms with van der Waals surface area (Å²) in [4.78, 5) is 22.8. The molecule has 0 unspecified atom stereocenters. The minimum atomic E-state index is -0.587. The lowest BCUT2D eigenvalue weighted by molar-refractivity contribution is -0.127. The smallest absolute Gasteiger partial charge is 0.261 e. The minimum Gasteiger partial charge on any atom is -0.481 e. The van der Waals surface area contributed by atoms with Crippen LogP contribution in [0.1, 0.15) is 18.4 Å². The second kappa shape index (κ2) is 7.58. The fourth-order valence-corrected chi connectivity index (χ4v) is 1.99. The van der Waals surface area contributed by atoms with Crippen LogP contribution in [0.15, 0.2) is 36.4 Å². The van der Waals surface area contributed by atoms with Crippen molar-refractivity contribution >= 4 is 11.7 Å². The molecule has 122 valence electrons. The Morgan fingerprint density at radius 3 is 2.61 bits per heavy atom. The molecule has 2 rings (SSSR count). The third kappa shape index (κ3) is 4.95. The lowest BCUT2D eigenvalue weighted by atomic mass is 10.3. The van der Waals surface area contributed by atoms with Crippen LogP contribution in [-0.2, 0) is 11.3 Å². The maximum Gasteiger partial charge on any atom is 0.261 e. The maximum atomic E-state index is 12.1. The Morgan fingerprint density at radius 2 is 1.96 bits per heavy atom. The van der Waals surface area contributed by atoms with Crippen LogP contribution in [0.5, 0.6) is 5.75 Å². The quantitative estimate of drug-likeness (QED) is 0.882. The van der Waals surface area contributed by atoms with Crippen molar-refractivity contribution in [2.75, 3.05) is 19.0 Å². The molecule has 0 fully saturated rings. The van der Waals surface area contributed by atoms with Crippen molar-refractivity contribution in [1.82, 2.24) is 15.3 Å². The molecule has 0 spiro atoms. The molecule has 1 heterocycles. The molecule has 23 heavy (non-hydrogen) atoms. The summed E-state index contributed by atoms with van der Waals surface area (Å²) in [6.45, 7) is 3.88. The molecule has 0 bridgehead atoms. The van der Waals surface area contributed by atoms with Gasteiger partial charge < -0.3 is 15.0 Å². The van der Waals surface area contributed by atoms with Gasteiger partial charge in [-0.2, -0.15) is 0 Å². The van der Waals surface area contributed by atoms with Crippen molar-refractivity contribution < 1.29 is 9.53 Å². The molecule has 6 nitrogen and oxygen atoms in total. The summed E-state index contributed by atoms with van der Waals surface area (Å²) in [6.07, 6.45) is -0.587. The fraction of sp³-hybridized carbons (Fsp3) is 0.353. The van der Waals surface area contributed by atoms with Crippen molar-refractivity contribution in [3.05, 3.63) is 47.9 Å². The van der Waals surface area contributed by atoms with Gasteiger partial charge in [0.25, 0.3) is 5.91 Å².